The Kier molecular flexibility index (Phi) is 8.40. The second-order valence-electron chi connectivity index (χ2n) is 8.99. The molecule has 0 aliphatic carbocycles. The third kappa shape index (κ3) is 6.94. The first-order valence-corrected chi connectivity index (χ1v) is 11.9. The first-order valence-electron chi connectivity index (χ1n) is 11.9. The lowest BCUT2D eigenvalue weighted by molar-refractivity contribution is 0.0757. The van der Waals surface area contributed by atoms with Crippen molar-refractivity contribution in [2.75, 3.05) is 52.5 Å². The monoisotopic (exact) mass is 440 g/mol. The summed E-state index contributed by atoms with van der Waals surface area (Å²) in [6, 6.07) is 15.9. The van der Waals surface area contributed by atoms with Gasteiger partial charge in [-0.2, -0.15) is 0 Å². The van der Waals surface area contributed by atoms with Crippen LogP contribution in [0, 0.1) is 0 Å². The van der Waals surface area contributed by atoms with Crippen LogP contribution in [0.3, 0.4) is 0 Å². The molecule has 2 N–H and O–H groups in total. The number of hydrogen-bond acceptors (Lipinski definition) is 6. The molecule has 0 aromatic heterocycles. The summed E-state index contributed by atoms with van der Waals surface area (Å²) in [5, 5.41) is 20.4. The summed E-state index contributed by atoms with van der Waals surface area (Å²) < 4.78 is 11.5. The van der Waals surface area contributed by atoms with Crippen LogP contribution < -0.4 is 9.47 Å². The SMILES string of the molecule is O[C@@H](COc1ccc(-c2ccc(OC[C@H](O)CN3CCCC3)cc2)cc1)CN1CCCC1. The van der Waals surface area contributed by atoms with Crippen LogP contribution in [0.15, 0.2) is 48.5 Å². The first kappa shape index (κ1) is 23.1. The summed E-state index contributed by atoms with van der Waals surface area (Å²) in [4.78, 5) is 4.58. The fraction of sp³-hybridized carbons (Fsp3) is 0.538. The van der Waals surface area contributed by atoms with Crippen molar-refractivity contribution in [3.05, 3.63) is 48.5 Å². The number of likely N-dealkylation sites (tertiary alicyclic amines) is 2. The van der Waals surface area contributed by atoms with Crippen LogP contribution in [0.1, 0.15) is 25.7 Å². The van der Waals surface area contributed by atoms with Gasteiger partial charge in [0.25, 0.3) is 0 Å². The second-order valence-corrected chi connectivity index (χ2v) is 8.99. The van der Waals surface area contributed by atoms with Crippen LogP contribution in [0.2, 0.25) is 0 Å². The van der Waals surface area contributed by atoms with Crippen molar-refractivity contribution >= 4 is 0 Å². The number of benzene rings is 2. The zero-order chi connectivity index (χ0) is 22.2. The highest BCUT2D eigenvalue weighted by Gasteiger charge is 2.17. The number of nitrogens with zero attached hydrogens (tertiary/aromatic N) is 2. The Morgan fingerprint density at radius 1 is 0.594 bits per heavy atom. The predicted molar refractivity (Wildman–Crippen MR) is 126 cm³/mol. The smallest absolute Gasteiger partial charge is 0.119 e. The maximum absolute atomic E-state index is 10.2. The van der Waals surface area contributed by atoms with Crippen LogP contribution in [-0.4, -0.2) is 84.7 Å². The molecular formula is C26H36N2O4. The third-order valence-corrected chi connectivity index (χ3v) is 6.26. The molecule has 0 spiro atoms. The Balaban J connectivity index is 1.21. The number of ether oxygens (including phenoxy) is 2. The molecule has 2 saturated heterocycles. The molecule has 2 heterocycles. The molecule has 32 heavy (non-hydrogen) atoms. The van der Waals surface area contributed by atoms with Gasteiger partial charge >= 0.3 is 0 Å². The van der Waals surface area contributed by atoms with Gasteiger partial charge in [-0.15, -0.1) is 0 Å². The summed E-state index contributed by atoms with van der Waals surface area (Å²) in [5.41, 5.74) is 2.19. The molecule has 2 fully saturated rings. The molecule has 0 bridgehead atoms. The number of aliphatic hydroxyl groups is 2. The van der Waals surface area contributed by atoms with E-state index in [1.807, 2.05) is 48.5 Å². The minimum Gasteiger partial charge on any atom is -0.491 e. The van der Waals surface area contributed by atoms with Gasteiger partial charge in [0.05, 0.1) is 0 Å². The van der Waals surface area contributed by atoms with Gasteiger partial charge in [-0.25, -0.2) is 0 Å². The van der Waals surface area contributed by atoms with Gasteiger partial charge in [-0.3, -0.25) is 0 Å². The molecule has 0 radical (unpaired) electrons. The van der Waals surface area contributed by atoms with E-state index in [-0.39, 0.29) is 0 Å². The molecule has 6 nitrogen and oxygen atoms in total. The van der Waals surface area contributed by atoms with Crippen LogP contribution >= 0.6 is 0 Å². The molecule has 2 atom stereocenters. The topological polar surface area (TPSA) is 65.4 Å². The zero-order valence-electron chi connectivity index (χ0n) is 18.9. The van der Waals surface area contributed by atoms with Crippen molar-refractivity contribution in [3.8, 4) is 22.6 Å². The Labute approximate surface area is 191 Å². The highest BCUT2D eigenvalue weighted by molar-refractivity contribution is 5.64. The van der Waals surface area contributed by atoms with E-state index in [0.717, 1.165) is 48.8 Å². The summed E-state index contributed by atoms with van der Waals surface area (Å²) in [5.74, 6) is 1.53. The fourth-order valence-electron chi connectivity index (χ4n) is 4.50. The molecule has 174 valence electrons. The fourth-order valence-corrected chi connectivity index (χ4v) is 4.50. The van der Waals surface area contributed by atoms with Gasteiger partial charge in [0, 0.05) is 13.1 Å². The van der Waals surface area contributed by atoms with Crippen molar-refractivity contribution in [2.24, 2.45) is 0 Å². The van der Waals surface area contributed by atoms with Gasteiger partial charge in [0.2, 0.25) is 0 Å². The molecule has 0 unspecified atom stereocenters. The van der Waals surface area contributed by atoms with E-state index in [2.05, 4.69) is 9.80 Å². The highest BCUT2D eigenvalue weighted by atomic mass is 16.5. The minimum absolute atomic E-state index is 0.311. The predicted octanol–water partition coefficient (Wildman–Crippen LogP) is 3.02. The molecule has 2 aromatic carbocycles. The van der Waals surface area contributed by atoms with E-state index in [0.29, 0.717) is 26.3 Å². The highest BCUT2D eigenvalue weighted by Crippen LogP contribution is 2.25. The van der Waals surface area contributed by atoms with Crippen LogP contribution in [0.4, 0.5) is 0 Å². The number of aliphatic hydroxyl groups excluding tert-OH is 2. The maximum atomic E-state index is 10.2. The number of β-amino-alcohol motifs (C(OH)–C–C–N with tert-alkyl or cyclic N) is 2. The van der Waals surface area contributed by atoms with Crippen LogP contribution in [0.5, 0.6) is 11.5 Å². The normalized spacial score (nSPS) is 19.2. The largest absolute Gasteiger partial charge is 0.491 e. The molecule has 2 aromatic rings. The molecule has 0 amide bonds. The maximum Gasteiger partial charge on any atom is 0.119 e. The van der Waals surface area contributed by atoms with Gasteiger partial charge in [-0.1, -0.05) is 24.3 Å². The molecule has 0 saturated carbocycles. The molecule has 4 rings (SSSR count). The average Bonchev–Trinajstić information content (AvgIpc) is 3.52. The summed E-state index contributed by atoms with van der Waals surface area (Å²) >= 11 is 0. The molecule has 6 heteroatoms. The Morgan fingerprint density at radius 3 is 1.28 bits per heavy atom. The van der Waals surface area contributed by atoms with Crippen molar-refractivity contribution in [1.29, 1.82) is 0 Å². The van der Waals surface area contributed by atoms with Crippen molar-refractivity contribution in [3.63, 3.8) is 0 Å². The zero-order valence-corrected chi connectivity index (χ0v) is 18.9. The van der Waals surface area contributed by atoms with Crippen molar-refractivity contribution in [2.45, 2.75) is 37.9 Å². The van der Waals surface area contributed by atoms with Gasteiger partial charge in [0.1, 0.15) is 36.9 Å². The van der Waals surface area contributed by atoms with E-state index in [4.69, 9.17) is 9.47 Å². The van der Waals surface area contributed by atoms with Crippen molar-refractivity contribution < 1.29 is 19.7 Å². The molecule has 2 aliphatic rings. The lowest BCUT2D eigenvalue weighted by atomic mass is 10.1. The number of hydrogen-bond donors (Lipinski definition) is 2. The molecule has 2 aliphatic heterocycles. The second kappa shape index (κ2) is 11.7. The van der Waals surface area contributed by atoms with Gasteiger partial charge < -0.3 is 29.5 Å². The van der Waals surface area contributed by atoms with E-state index in [9.17, 15) is 10.2 Å². The third-order valence-electron chi connectivity index (χ3n) is 6.26. The summed E-state index contributed by atoms with van der Waals surface area (Å²) in [6.45, 7) is 6.30. The van der Waals surface area contributed by atoms with E-state index in [1.165, 1.54) is 25.7 Å². The quantitative estimate of drug-likeness (QED) is 0.560. The lowest BCUT2D eigenvalue weighted by Crippen LogP contribution is -2.33. The Hall–Kier alpha value is -2.12. The first-order chi connectivity index (χ1) is 15.7. The van der Waals surface area contributed by atoms with E-state index < -0.39 is 12.2 Å². The van der Waals surface area contributed by atoms with Crippen LogP contribution in [0.25, 0.3) is 11.1 Å². The Bertz CT molecular complexity index is 730. The Morgan fingerprint density at radius 2 is 0.938 bits per heavy atom. The van der Waals surface area contributed by atoms with Gasteiger partial charge in [-0.05, 0) is 87.3 Å². The average molecular weight is 441 g/mol. The van der Waals surface area contributed by atoms with Crippen molar-refractivity contribution in [1.82, 2.24) is 9.80 Å². The lowest BCUT2D eigenvalue weighted by Gasteiger charge is -2.19. The van der Waals surface area contributed by atoms with Gasteiger partial charge in [0.15, 0.2) is 0 Å². The standard InChI is InChI=1S/C26H36N2O4/c29-23(17-27-13-1-2-14-27)19-31-25-9-5-21(6-10-25)22-7-11-26(12-8-22)32-20-24(30)18-28-15-3-4-16-28/h5-12,23-24,29-30H,1-4,13-20H2/t23-,24-/m1/s1. The van der Waals surface area contributed by atoms with Crippen LogP contribution in [-0.2, 0) is 0 Å². The minimum atomic E-state index is -0.464. The number of rotatable bonds is 11. The van der Waals surface area contributed by atoms with E-state index in [1.54, 1.807) is 0 Å². The summed E-state index contributed by atoms with van der Waals surface area (Å²) in [6.07, 6.45) is 3.97. The molecular weight excluding hydrogens is 404 g/mol. The summed E-state index contributed by atoms with van der Waals surface area (Å²) in [7, 11) is 0. The van der Waals surface area contributed by atoms with E-state index >= 15 is 0 Å².